The molecule has 1 rings (SSSR count). The number of aryl methyl sites for hydroxylation is 1. The Labute approximate surface area is 91.9 Å². The lowest BCUT2D eigenvalue weighted by Crippen LogP contribution is -2.37. The average Bonchev–Trinajstić information content (AvgIpc) is 2.23. The van der Waals surface area contributed by atoms with Gasteiger partial charge in [-0.1, -0.05) is 13.3 Å². The van der Waals surface area contributed by atoms with E-state index in [2.05, 4.69) is 11.5 Å². The first-order valence-electron chi connectivity index (χ1n) is 5.57. The van der Waals surface area contributed by atoms with E-state index in [9.17, 15) is 4.79 Å². The van der Waals surface area contributed by atoms with E-state index < -0.39 is 0 Å². The molecule has 0 N–H and O–H groups in total. The van der Waals surface area contributed by atoms with Crippen molar-refractivity contribution in [2.75, 3.05) is 0 Å². The van der Waals surface area contributed by atoms with Gasteiger partial charge >= 0.3 is 0 Å². The fourth-order valence-corrected chi connectivity index (χ4v) is 1.65. The van der Waals surface area contributed by atoms with Crippen molar-refractivity contribution in [1.29, 1.82) is 0 Å². The van der Waals surface area contributed by atoms with Gasteiger partial charge in [-0.3, -0.25) is 4.79 Å². The largest absolute Gasteiger partial charge is 0.294 e. The molecule has 0 spiro atoms. The van der Waals surface area contributed by atoms with Crippen molar-refractivity contribution in [3.05, 3.63) is 29.1 Å². The molecule has 0 aliphatic carbocycles. The molecule has 1 aromatic heterocycles. The summed E-state index contributed by atoms with van der Waals surface area (Å²) in [6.45, 7) is 6.16. The number of carbonyl (C=O) groups is 1. The number of nitrogens with zero attached hydrogens (tertiary/aromatic N) is 1. The topological polar surface area (TPSA) is 20.9 Å². The van der Waals surface area contributed by atoms with Gasteiger partial charge in [0.2, 0.25) is 0 Å². The van der Waals surface area contributed by atoms with Gasteiger partial charge in [0, 0.05) is 26.3 Å². The van der Waals surface area contributed by atoms with Gasteiger partial charge in [0.05, 0.1) is 5.56 Å². The van der Waals surface area contributed by atoms with Crippen LogP contribution in [-0.2, 0) is 7.05 Å². The van der Waals surface area contributed by atoms with E-state index in [0.717, 1.165) is 24.1 Å². The van der Waals surface area contributed by atoms with Gasteiger partial charge in [-0.15, -0.1) is 0 Å². The summed E-state index contributed by atoms with van der Waals surface area (Å²) in [6, 6.07) is 3.95. The highest BCUT2D eigenvalue weighted by Gasteiger charge is 2.16. The van der Waals surface area contributed by atoms with Crippen molar-refractivity contribution in [1.82, 2.24) is 0 Å². The second-order valence-corrected chi connectivity index (χ2v) is 4.06. The quantitative estimate of drug-likeness (QED) is 0.547. The van der Waals surface area contributed by atoms with Crippen LogP contribution in [0.4, 0.5) is 0 Å². The minimum absolute atomic E-state index is 0.268. The van der Waals surface area contributed by atoms with E-state index in [-0.39, 0.29) is 5.78 Å². The highest BCUT2D eigenvalue weighted by Crippen LogP contribution is 2.09. The van der Waals surface area contributed by atoms with Crippen LogP contribution in [0.3, 0.4) is 0 Å². The molecule has 82 valence electrons. The average molecular weight is 206 g/mol. The summed E-state index contributed by atoms with van der Waals surface area (Å²) in [7, 11) is 2.00. The van der Waals surface area contributed by atoms with E-state index in [0.29, 0.717) is 6.42 Å². The van der Waals surface area contributed by atoms with Gasteiger partial charge in [0.15, 0.2) is 17.2 Å². The van der Waals surface area contributed by atoms with Crippen molar-refractivity contribution in [2.45, 2.75) is 40.0 Å². The molecule has 0 saturated carbocycles. The zero-order valence-corrected chi connectivity index (χ0v) is 10.1. The van der Waals surface area contributed by atoms with Crippen molar-refractivity contribution in [2.24, 2.45) is 7.05 Å². The number of pyridine rings is 1. The Bertz CT molecular complexity index is 369. The van der Waals surface area contributed by atoms with Gasteiger partial charge in [-0.2, -0.15) is 0 Å². The summed E-state index contributed by atoms with van der Waals surface area (Å²) in [5.41, 5.74) is 3.12. The molecular formula is C13H20NO+. The lowest BCUT2D eigenvalue weighted by Gasteiger charge is -2.04. The maximum Gasteiger partial charge on any atom is 0.189 e. The summed E-state index contributed by atoms with van der Waals surface area (Å²) >= 11 is 0. The van der Waals surface area contributed by atoms with E-state index in [1.807, 2.05) is 33.0 Å². The number of aromatic nitrogens is 1. The van der Waals surface area contributed by atoms with Crippen molar-refractivity contribution >= 4 is 5.78 Å². The number of hydrogen-bond donors (Lipinski definition) is 0. The van der Waals surface area contributed by atoms with Crippen LogP contribution in [-0.4, -0.2) is 5.78 Å². The van der Waals surface area contributed by atoms with Gasteiger partial charge in [0.25, 0.3) is 0 Å². The predicted molar refractivity (Wildman–Crippen MR) is 60.9 cm³/mol. The molecule has 0 unspecified atom stereocenters. The molecule has 0 radical (unpaired) electrons. The third-order valence-corrected chi connectivity index (χ3v) is 2.97. The van der Waals surface area contributed by atoms with Gasteiger partial charge in [0.1, 0.15) is 7.05 Å². The molecule has 2 nitrogen and oxygen atoms in total. The molecule has 1 aromatic rings. The SMILES string of the molecule is CCCCC(=O)c1ccc(C)[n+](C)c1C. The highest BCUT2D eigenvalue weighted by atomic mass is 16.1. The second-order valence-electron chi connectivity index (χ2n) is 4.06. The van der Waals surface area contributed by atoms with Gasteiger partial charge in [-0.25, -0.2) is 4.57 Å². The van der Waals surface area contributed by atoms with Crippen LogP contribution in [0.25, 0.3) is 0 Å². The zero-order valence-electron chi connectivity index (χ0n) is 10.1. The summed E-state index contributed by atoms with van der Waals surface area (Å²) in [4.78, 5) is 11.9. The molecular weight excluding hydrogens is 186 g/mol. The lowest BCUT2D eigenvalue weighted by molar-refractivity contribution is -0.683. The Balaban J connectivity index is 2.95. The van der Waals surface area contributed by atoms with Crippen LogP contribution in [0, 0.1) is 13.8 Å². The smallest absolute Gasteiger partial charge is 0.189 e. The number of hydrogen-bond acceptors (Lipinski definition) is 1. The maximum absolute atomic E-state index is 11.9. The Morgan fingerprint density at radius 3 is 2.60 bits per heavy atom. The normalized spacial score (nSPS) is 10.4. The van der Waals surface area contributed by atoms with Crippen LogP contribution in [0.15, 0.2) is 12.1 Å². The van der Waals surface area contributed by atoms with Crippen molar-refractivity contribution in [3.63, 3.8) is 0 Å². The Kier molecular flexibility index (Phi) is 4.01. The standard InChI is InChI=1S/C13H20NO/c1-5-6-7-13(15)12-9-8-10(2)14(4)11(12)3/h8-9H,5-7H2,1-4H3/q+1. The fraction of sp³-hybridized carbons (Fsp3) is 0.538. The van der Waals surface area contributed by atoms with Crippen LogP contribution in [0.1, 0.15) is 47.9 Å². The molecule has 1 heterocycles. The minimum Gasteiger partial charge on any atom is -0.294 e. The first kappa shape index (κ1) is 11.9. The molecule has 0 atom stereocenters. The third-order valence-electron chi connectivity index (χ3n) is 2.97. The molecule has 0 aromatic carbocycles. The Hall–Kier alpha value is -1.18. The predicted octanol–water partition coefficient (Wildman–Crippen LogP) is 2.50. The van der Waals surface area contributed by atoms with Gasteiger partial charge in [-0.05, 0) is 12.5 Å². The Morgan fingerprint density at radius 2 is 2.00 bits per heavy atom. The first-order chi connectivity index (χ1) is 7.07. The van der Waals surface area contributed by atoms with Crippen molar-refractivity contribution < 1.29 is 9.36 Å². The van der Waals surface area contributed by atoms with Crippen LogP contribution in [0.2, 0.25) is 0 Å². The summed E-state index contributed by atoms with van der Waals surface area (Å²) < 4.78 is 2.07. The highest BCUT2D eigenvalue weighted by molar-refractivity contribution is 5.96. The maximum atomic E-state index is 11.9. The van der Waals surface area contributed by atoms with E-state index in [4.69, 9.17) is 0 Å². The molecule has 0 aliphatic heterocycles. The van der Waals surface area contributed by atoms with Crippen molar-refractivity contribution in [3.8, 4) is 0 Å². The number of ketones is 1. The molecule has 0 fully saturated rings. The molecule has 0 aliphatic rings. The number of carbonyl (C=O) groups excluding carboxylic acids is 1. The summed E-state index contributed by atoms with van der Waals surface area (Å²) in [6.07, 6.45) is 2.72. The van der Waals surface area contributed by atoms with E-state index >= 15 is 0 Å². The number of unbranched alkanes of at least 4 members (excludes halogenated alkanes) is 1. The molecule has 0 bridgehead atoms. The fourth-order valence-electron chi connectivity index (χ4n) is 1.65. The summed E-state index contributed by atoms with van der Waals surface area (Å²) in [5.74, 6) is 0.268. The van der Waals surface area contributed by atoms with E-state index in [1.54, 1.807) is 0 Å². The minimum atomic E-state index is 0.268. The van der Waals surface area contributed by atoms with Gasteiger partial charge < -0.3 is 0 Å². The number of rotatable bonds is 4. The van der Waals surface area contributed by atoms with Crippen LogP contribution < -0.4 is 4.57 Å². The van der Waals surface area contributed by atoms with Crippen LogP contribution >= 0.6 is 0 Å². The molecule has 2 heteroatoms. The lowest BCUT2D eigenvalue weighted by atomic mass is 10.0. The number of Topliss-reactive ketones (excluding diaryl/α,β-unsaturated/α-hetero) is 1. The first-order valence-corrected chi connectivity index (χ1v) is 5.57. The molecule has 0 amide bonds. The second kappa shape index (κ2) is 5.06. The third kappa shape index (κ3) is 2.65. The van der Waals surface area contributed by atoms with E-state index in [1.165, 1.54) is 5.69 Å². The molecule has 0 saturated heterocycles. The Morgan fingerprint density at radius 1 is 1.33 bits per heavy atom. The zero-order chi connectivity index (χ0) is 11.4. The van der Waals surface area contributed by atoms with Crippen LogP contribution in [0.5, 0.6) is 0 Å². The summed E-state index contributed by atoms with van der Waals surface area (Å²) in [5, 5.41) is 0. The molecule has 15 heavy (non-hydrogen) atoms. The monoisotopic (exact) mass is 206 g/mol.